The zero-order chi connectivity index (χ0) is 18.1. The van der Waals surface area contributed by atoms with Crippen molar-refractivity contribution in [2.24, 2.45) is 0 Å². The highest BCUT2D eigenvalue weighted by atomic mass is 32.2. The average Bonchev–Trinajstić information content (AvgIpc) is 2.67. The minimum Gasteiger partial charge on any atom is -0.497 e. The van der Waals surface area contributed by atoms with E-state index in [1.165, 1.54) is 18.9 Å². The van der Waals surface area contributed by atoms with Gasteiger partial charge in [0.2, 0.25) is 0 Å². The summed E-state index contributed by atoms with van der Waals surface area (Å²) in [6.45, 7) is -0.139. The maximum Gasteiger partial charge on any atom is 0.331 e. The molecule has 0 amide bonds. The van der Waals surface area contributed by atoms with Gasteiger partial charge in [-0.3, -0.25) is 0 Å². The van der Waals surface area contributed by atoms with E-state index in [4.69, 9.17) is 9.47 Å². The summed E-state index contributed by atoms with van der Waals surface area (Å²) in [6, 6.07) is 17.4. The van der Waals surface area contributed by atoms with Crippen molar-refractivity contribution in [3.8, 4) is 5.75 Å². The van der Waals surface area contributed by atoms with Crippen molar-refractivity contribution in [3.05, 3.63) is 60.2 Å². The summed E-state index contributed by atoms with van der Waals surface area (Å²) in [4.78, 5) is 12.1. The fourth-order valence-electron chi connectivity index (χ4n) is 2.22. The van der Waals surface area contributed by atoms with E-state index < -0.39 is 12.1 Å². The molecule has 0 radical (unpaired) electrons. The lowest BCUT2D eigenvalue weighted by atomic mass is 10.1. The monoisotopic (exact) mass is 362 g/mol. The Kier molecular flexibility index (Phi) is 7.78. The molecule has 0 fully saturated rings. The summed E-state index contributed by atoms with van der Waals surface area (Å²) in [5.74, 6) is 0.314. The van der Waals surface area contributed by atoms with Crippen LogP contribution in [0.5, 0.6) is 5.75 Å². The van der Waals surface area contributed by atoms with Gasteiger partial charge in [0.1, 0.15) is 12.4 Å². The Morgan fingerprint density at radius 1 is 1.08 bits per heavy atom. The van der Waals surface area contributed by atoms with Gasteiger partial charge in [-0.2, -0.15) is 0 Å². The largest absolute Gasteiger partial charge is 0.497 e. The van der Waals surface area contributed by atoms with Crippen LogP contribution >= 0.6 is 11.8 Å². The van der Waals surface area contributed by atoms with Gasteiger partial charge in [0.05, 0.1) is 32.2 Å². The lowest BCUT2D eigenvalue weighted by molar-refractivity contribution is -0.146. The molecule has 0 bridgehead atoms. The van der Waals surface area contributed by atoms with Crippen molar-refractivity contribution in [2.75, 3.05) is 27.4 Å². The van der Waals surface area contributed by atoms with Gasteiger partial charge < -0.3 is 19.3 Å². The molecule has 2 atom stereocenters. The maximum absolute atomic E-state index is 11.1. The van der Waals surface area contributed by atoms with Gasteiger partial charge in [-0.05, 0) is 29.8 Å². The number of aliphatic hydroxyl groups is 1. The predicted molar refractivity (Wildman–Crippen MR) is 96.9 cm³/mol. The van der Waals surface area contributed by atoms with Crippen molar-refractivity contribution in [3.63, 3.8) is 0 Å². The fourth-order valence-corrected chi connectivity index (χ4v) is 3.34. The second-order valence-electron chi connectivity index (χ2n) is 5.28. The first-order chi connectivity index (χ1) is 12.1. The first-order valence-electron chi connectivity index (χ1n) is 7.82. The minimum absolute atomic E-state index is 0.0395. The molecule has 1 N–H and O–H groups in total. The number of carbonyl (C=O) groups is 1. The predicted octanol–water partition coefficient (Wildman–Crippen LogP) is 3.08. The van der Waals surface area contributed by atoms with Gasteiger partial charge in [-0.25, -0.2) is 4.79 Å². The molecule has 2 unspecified atom stereocenters. The Morgan fingerprint density at radius 3 is 2.36 bits per heavy atom. The molecular weight excluding hydrogens is 340 g/mol. The molecule has 0 saturated heterocycles. The van der Waals surface area contributed by atoms with E-state index in [1.807, 2.05) is 54.6 Å². The summed E-state index contributed by atoms with van der Waals surface area (Å²) < 4.78 is 15.0. The van der Waals surface area contributed by atoms with Crippen LogP contribution in [0, 0.1) is 0 Å². The zero-order valence-corrected chi connectivity index (χ0v) is 15.1. The molecule has 0 aliphatic carbocycles. The van der Waals surface area contributed by atoms with Crippen molar-refractivity contribution < 1.29 is 24.1 Å². The summed E-state index contributed by atoms with van der Waals surface area (Å²) in [7, 11) is 2.92. The molecule has 0 spiro atoms. The normalized spacial score (nSPS) is 13.1. The van der Waals surface area contributed by atoms with E-state index >= 15 is 0 Å². The third-order valence-electron chi connectivity index (χ3n) is 3.54. The van der Waals surface area contributed by atoms with Crippen LogP contribution in [0.25, 0.3) is 0 Å². The zero-order valence-electron chi connectivity index (χ0n) is 14.3. The van der Waals surface area contributed by atoms with Crippen molar-refractivity contribution in [1.29, 1.82) is 0 Å². The second-order valence-corrected chi connectivity index (χ2v) is 6.50. The molecule has 25 heavy (non-hydrogen) atoms. The van der Waals surface area contributed by atoms with Crippen LogP contribution in [-0.2, 0) is 14.3 Å². The Morgan fingerprint density at radius 2 is 1.76 bits per heavy atom. The SMILES string of the molecule is COC(=O)COCC(O)C(Sc1ccc(OC)cc1)c1ccccc1. The number of ether oxygens (including phenoxy) is 3. The first kappa shape index (κ1) is 19.3. The van der Waals surface area contributed by atoms with Gasteiger partial charge >= 0.3 is 5.97 Å². The van der Waals surface area contributed by atoms with Crippen LogP contribution in [0.3, 0.4) is 0 Å². The molecule has 6 heteroatoms. The van der Waals surface area contributed by atoms with Crippen LogP contribution in [-0.4, -0.2) is 44.6 Å². The molecule has 0 aliphatic rings. The molecule has 2 aromatic rings. The number of esters is 1. The van der Waals surface area contributed by atoms with Crippen molar-refractivity contribution >= 4 is 17.7 Å². The number of hydrogen-bond acceptors (Lipinski definition) is 6. The van der Waals surface area contributed by atoms with Gasteiger partial charge in [-0.15, -0.1) is 11.8 Å². The van der Waals surface area contributed by atoms with Crippen LogP contribution in [0.1, 0.15) is 10.8 Å². The van der Waals surface area contributed by atoms with Gasteiger partial charge in [-0.1, -0.05) is 30.3 Å². The van der Waals surface area contributed by atoms with Crippen LogP contribution in [0.15, 0.2) is 59.5 Å². The number of hydrogen-bond donors (Lipinski definition) is 1. The first-order valence-corrected chi connectivity index (χ1v) is 8.70. The smallest absolute Gasteiger partial charge is 0.331 e. The van der Waals surface area contributed by atoms with Gasteiger partial charge in [0, 0.05) is 4.90 Å². The topological polar surface area (TPSA) is 65.0 Å². The molecule has 0 aliphatic heterocycles. The second kappa shape index (κ2) is 10.1. The third kappa shape index (κ3) is 6.08. The van der Waals surface area contributed by atoms with Crippen LogP contribution in [0.4, 0.5) is 0 Å². The Bertz CT molecular complexity index is 645. The molecule has 5 nitrogen and oxygen atoms in total. The molecule has 134 valence electrons. The Hall–Kier alpha value is -2.02. The van der Waals surface area contributed by atoms with E-state index in [-0.39, 0.29) is 18.5 Å². The summed E-state index contributed by atoms with van der Waals surface area (Å²) in [5.41, 5.74) is 0.984. The van der Waals surface area contributed by atoms with E-state index in [0.29, 0.717) is 0 Å². The minimum atomic E-state index is -0.779. The maximum atomic E-state index is 11.1. The summed E-state index contributed by atoms with van der Waals surface area (Å²) in [5, 5.41) is 10.4. The highest BCUT2D eigenvalue weighted by Crippen LogP contribution is 2.38. The molecule has 0 heterocycles. The van der Waals surface area contributed by atoms with Gasteiger partial charge in [0.25, 0.3) is 0 Å². The van der Waals surface area contributed by atoms with E-state index in [2.05, 4.69) is 4.74 Å². The highest BCUT2D eigenvalue weighted by Gasteiger charge is 2.23. The number of benzene rings is 2. The van der Waals surface area contributed by atoms with Crippen molar-refractivity contribution in [2.45, 2.75) is 16.2 Å². The third-order valence-corrected chi connectivity index (χ3v) is 4.92. The molecular formula is C19H22O5S. The van der Waals surface area contributed by atoms with E-state index in [1.54, 1.807) is 7.11 Å². The number of carbonyl (C=O) groups excluding carboxylic acids is 1. The molecule has 2 aromatic carbocycles. The van der Waals surface area contributed by atoms with Crippen LogP contribution in [0.2, 0.25) is 0 Å². The number of aliphatic hydroxyl groups excluding tert-OH is 1. The number of rotatable bonds is 9. The summed E-state index contributed by atoms with van der Waals surface area (Å²) >= 11 is 1.53. The average molecular weight is 362 g/mol. The van der Waals surface area contributed by atoms with Crippen molar-refractivity contribution in [1.82, 2.24) is 0 Å². The molecule has 2 rings (SSSR count). The quantitative estimate of drug-likeness (QED) is 0.546. The van der Waals surface area contributed by atoms with Crippen LogP contribution < -0.4 is 4.74 Å². The Labute approximate surface area is 151 Å². The molecule has 0 saturated carbocycles. The number of methoxy groups -OCH3 is 2. The molecule has 0 aromatic heterocycles. The Balaban J connectivity index is 2.08. The lowest BCUT2D eigenvalue weighted by Gasteiger charge is -2.23. The van der Waals surface area contributed by atoms with E-state index in [0.717, 1.165) is 16.2 Å². The number of thioether (sulfide) groups is 1. The van der Waals surface area contributed by atoms with Gasteiger partial charge in [0.15, 0.2) is 0 Å². The standard InChI is InChI=1S/C19H22O5S/c1-22-15-8-10-16(11-9-15)25-19(14-6-4-3-5-7-14)17(20)12-24-13-18(21)23-2/h3-11,17,19-20H,12-13H2,1-2H3. The highest BCUT2D eigenvalue weighted by molar-refractivity contribution is 7.99. The van der Waals surface area contributed by atoms with E-state index in [9.17, 15) is 9.90 Å². The fraction of sp³-hybridized carbons (Fsp3) is 0.316. The lowest BCUT2D eigenvalue weighted by Crippen LogP contribution is -2.24. The summed E-state index contributed by atoms with van der Waals surface area (Å²) in [6.07, 6.45) is -0.779.